The lowest BCUT2D eigenvalue weighted by molar-refractivity contribution is -0.150. The number of nitrogens with zero attached hydrogens (tertiary/aromatic N) is 5. The Hall–Kier alpha value is -3.51. The molecule has 0 aromatic carbocycles. The van der Waals surface area contributed by atoms with Crippen LogP contribution in [-0.2, 0) is 4.84 Å². The Labute approximate surface area is 194 Å². The lowest BCUT2D eigenvalue weighted by Gasteiger charge is -2.31. The van der Waals surface area contributed by atoms with Crippen LogP contribution in [0, 0.1) is 0 Å². The molecule has 2 aliphatic rings. The molecule has 0 spiro atoms. The summed E-state index contributed by atoms with van der Waals surface area (Å²) in [4.78, 5) is 35.8. The van der Waals surface area contributed by atoms with Gasteiger partial charge in [-0.25, -0.2) is 9.37 Å². The van der Waals surface area contributed by atoms with E-state index in [2.05, 4.69) is 26.0 Å². The third kappa shape index (κ3) is 4.21. The normalized spacial score (nSPS) is 22.5. The van der Waals surface area contributed by atoms with Gasteiger partial charge in [0, 0.05) is 38.8 Å². The van der Waals surface area contributed by atoms with Crippen molar-refractivity contribution < 1.29 is 14.0 Å². The summed E-state index contributed by atoms with van der Waals surface area (Å²) in [6.07, 6.45) is 4.30. The van der Waals surface area contributed by atoms with E-state index in [9.17, 15) is 14.0 Å². The van der Waals surface area contributed by atoms with Crippen molar-refractivity contribution >= 4 is 28.9 Å². The zero-order chi connectivity index (χ0) is 23.8. The SMILES string of the molecule is CNc1cc(Nc2cccn([C@H]3CCCN(OC)C3)c2=O)nc2c(C(=O)N[C@@H]3C[C@@H]3F)cnn12. The first-order valence-electron chi connectivity index (χ1n) is 11.3. The van der Waals surface area contributed by atoms with Crippen LogP contribution in [0.3, 0.4) is 0 Å². The number of amides is 1. The molecular formula is C22H27FN8O3. The first-order chi connectivity index (χ1) is 16.5. The number of hydrogen-bond donors (Lipinski definition) is 3. The van der Waals surface area contributed by atoms with Crippen molar-refractivity contribution in [2.75, 3.05) is 37.9 Å². The van der Waals surface area contributed by atoms with Gasteiger partial charge in [0.2, 0.25) is 0 Å². The minimum atomic E-state index is -1.01. The van der Waals surface area contributed by atoms with Gasteiger partial charge < -0.3 is 25.4 Å². The molecule has 1 amide bonds. The van der Waals surface area contributed by atoms with Gasteiger partial charge in [-0.2, -0.15) is 14.7 Å². The molecule has 1 aliphatic carbocycles. The first-order valence-corrected chi connectivity index (χ1v) is 11.3. The topological polar surface area (TPSA) is 118 Å². The predicted molar refractivity (Wildman–Crippen MR) is 124 cm³/mol. The van der Waals surface area contributed by atoms with E-state index in [1.54, 1.807) is 37.1 Å². The molecule has 1 saturated heterocycles. The molecule has 1 saturated carbocycles. The second-order valence-electron chi connectivity index (χ2n) is 8.53. The fraction of sp³-hybridized carbons (Fsp3) is 0.455. The van der Waals surface area contributed by atoms with Crippen molar-refractivity contribution in [3.8, 4) is 0 Å². The van der Waals surface area contributed by atoms with Crippen LogP contribution in [0.2, 0.25) is 0 Å². The van der Waals surface area contributed by atoms with E-state index in [-0.39, 0.29) is 17.2 Å². The maximum Gasteiger partial charge on any atom is 0.274 e. The van der Waals surface area contributed by atoms with E-state index in [0.29, 0.717) is 35.9 Å². The molecule has 2 fully saturated rings. The third-order valence-corrected chi connectivity index (χ3v) is 6.25. The summed E-state index contributed by atoms with van der Waals surface area (Å²) in [7, 11) is 3.35. The smallest absolute Gasteiger partial charge is 0.274 e. The van der Waals surface area contributed by atoms with Crippen LogP contribution in [0.1, 0.15) is 35.7 Å². The fourth-order valence-corrected chi connectivity index (χ4v) is 4.27. The summed E-state index contributed by atoms with van der Waals surface area (Å²) >= 11 is 0. The largest absolute Gasteiger partial charge is 0.373 e. The van der Waals surface area contributed by atoms with Gasteiger partial charge in [-0.3, -0.25) is 9.59 Å². The van der Waals surface area contributed by atoms with E-state index in [4.69, 9.17) is 4.84 Å². The molecule has 11 nitrogen and oxygen atoms in total. The summed E-state index contributed by atoms with van der Waals surface area (Å²) in [6, 6.07) is 4.74. The number of hydrogen-bond acceptors (Lipinski definition) is 8. The monoisotopic (exact) mass is 470 g/mol. The second-order valence-corrected chi connectivity index (χ2v) is 8.53. The highest BCUT2D eigenvalue weighted by molar-refractivity contribution is 6.00. The molecule has 4 heterocycles. The molecular weight excluding hydrogens is 443 g/mol. The number of nitrogens with one attached hydrogen (secondary N) is 3. The number of carbonyl (C=O) groups is 1. The van der Waals surface area contributed by atoms with Gasteiger partial charge >= 0.3 is 0 Å². The molecule has 0 unspecified atom stereocenters. The van der Waals surface area contributed by atoms with Gasteiger partial charge in [0.1, 0.15) is 29.1 Å². The Morgan fingerprint density at radius 1 is 1.35 bits per heavy atom. The van der Waals surface area contributed by atoms with Crippen molar-refractivity contribution in [2.45, 2.75) is 37.5 Å². The zero-order valence-electron chi connectivity index (χ0n) is 19.0. The molecule has 3 N–H and O–H groups in total. The number of rotatable bonds is 7. The number of pyridine rings is 1. The van der Waals surface area contributed by atoms with Crippen LogP contribution in [0.15, 0.2) is 35.4 Å². The molecule has 180 valence electrons. The number of piperidine rings is 1. The van der Waals surface area contributed by atoms with Crippen LogP contribution in [0.25, 0.3) is 5.65 Å². The van der Waals surface area contributed by atoms with Crippen LogP contribution in [-0.4, -0.2) is 69.6 Å². The number of aromatic nitrogens is 4. The Morgan fingerprint density at radius 2 is 2.18 bits per heavy atom. The number of carbonyl (C=O) groups excluding carboxylic acids is 1. The standard InChI is InChI=1S/C22H27FN8O3/c1-24-19-10-18(28-20-14(11-25-31(19)20)21(32)27-17-9-15(17)23)26-16-6-4-8-30(22(16)33)13-5-3-7-29(12-13)34-2/h4,6,8,10-11,13,15,17,24H,3,5,7,9,12H2,1-2H3,(H,26,28)(H,27,32)/t13-,15-,17+/m0/s1. The average Bonchev–Trinajstić information content (AvgIpc) is 3.36. The molecule has 1 aliphatic heterocycles. The number of hydroxylamine groups is 2. The molecule has 12 heteroatoms. The molecule has 3 atom stereocenters. The third-order valence-electron chi connectivity index (χ3n) is 6.25. The summed E-state index contributed by atoms with van der Waals surface area (Å²) < 4.78 is 16.5. The number of fused-ring (bicyclic) bond motifs is 1. The average molecular weight is 471 g/mol. The summed E-state index contributed by atoms with van der Waals surface area (Å²) in [5, 5.41) is 14.9. The van der Waals surface area contributed by atoms with Crippen LogP contribution in [0.4, 0.5) is 21.7 Å². The Balaban J connectivity index is 1.45. The van der Waals surface area contributed by atoms with Crippen molar-refractivity contribution in [2.24, 2.45) is 0 Å². The van der Waals surface area contributed by atoms with Crippen molar-refractivity contribution in [1.82, 2.24) is 29.5 Å². The Bertz CT molecular complexity index is 1270. The molecule has 0 bridgehead atoms. The quantitative estimate of drug-likeness (QED) is 0.478. The molecule has 3 aromatic heterocycles. The number of halogens is 1. The van der Waals surface area contributed by atoms with E-state index < -0.39 is 18.1 Å². The predicted octanol–water partition coefficient (Wildman–Crippen LogP) is 1.71. The van der Waals surface area contributed by atoms with E-state index in [0.717, 1.165) is 19.4 Å². The minimum absolute atomic E-state index is 0.00172. The fourth-order valence-electron chi connectivity index (χ4n) is 4.27. The van der Waals surface area contributed by atoms with Gasteiger partial charge in [-0.15, -0.1) is 0 Å². The van der Waals surface area contributed by atoms with Gasteiger partial charge in [-0.1, -0.05) is 0 Å². The minimum Gasteiger partial charge on any atom is -0.373 e. The molecule has 5 rings (SSSR count). The van der Waals surface area contributed by atoms with Gasteiger partial charge in [0.05, 0.1) is 25.4 Å². The van der Waals surface area contributed by atoms with Crippen molar-refractivity contribution in [3.05, 3.63) is 46.5 Å². The summed E-state index contributed by atoms with van der Waals surface area (Å²) in [5.41, 5.74) is 0.709. The lowest BCUT2D eigenvalue weighted by Crippen LogP contribution is -2.39. The van der Waals surface area contributed by atoms with E-state index in [1.165, 1.54) is 10.7 Å². The highest BCUT2D eigenvalue weighted by atomic mass is 19.1. The first kappa shape index (κ1) is 22.3. The van der Waals surface area contributed by atoms with Gasteiger partial charge in [0.25, 0.3) is 11.5 Å². The highest BCUT2D eigenvalue weighted by Gasteiger charge is 2.39. The molecule has 3 aromatic rings. The lowest BCUT2D eigenvalue weighted by atomic mass is 10.1. The van der Waals surface area contributed by atoms with Crippen LogP contribution in [0.5, 0.6) is 0 Å². The number of anilines is 3. The Morgan fingerprint density at radius 3 is 2.91 bits per heavy atom. The molecule has 34 heavy (non-hydrogen) atoms. The number of alkyl halides is 1. The maximum atomic E-state index is 13.3. The Kier molecular flexibility index (Phi) is 5.92. The summed E-state index contributed by atoms with van der Waals surface area (Å²) in [6.45, 7) is 1.47. The molecule has 0 radical (unpaired) electrons. The van der Waals surface area contributed by atoms with Crippen molar-refractivity contribution in [1.29, 1.82) is 0 Å². The van der Waals surface area contributed by atoms with Crippen molar-refractivity contribution in [3.63, 3.8) is 0 Å². The second kappa shape index (κ2) is 9.03. The van der Waals surface area contributed by atoms with E-state index in [1.807, 2.05) is 11.1 Å². The highest BCUT2D eigenvalue weighted by Crippen LogP contribution is 2.26. The zero-order valence-corrected chi connectivity index (χ0v) is 19.0. The summed E-state index contributed by atoms with van der Waals surface area (Å²) in [5.74, 6) is 0.507. The van der Waals surface area contributed by atoms with Crippen LogP contribution >= 0.6 is 0 Å². The van der Waals surface area contributed by atoms with Crippen LogP contribution < -0.4 is 21.5 Å². The van der Waals surface area contributed by atoms with E-state index >= 15 is 0 Å². The maximum absolute atomic E-state index is 13.3. The van der Waals surface area contributed by atoms with Gasteiger partial charge in [-0.05, 0) is 25.0 Å². The van der Waals surface area contributed by atoms with Gasteiger partial charge in [0.15, 0.2) is 5.65 Å².